The standard InChI is InChI=1S/C5H11N3O/c1-8(2)4-3-6-5(8)7-9/h3-4H2,1-2H3,(H-,6,7,9)/p+1. The molecule has 0 aromatic rings. The minimum absolute atomic E-state index is 0.648. The van der Waals surface area contributed by atoms with Gasteiger partial charge >= 0.3 is 5.96 Å². The van der Waals surface area contributed by atoms with Crippen molar-refractivity contribution >= 4 is 5.96 Å². The molecule has 4 heteroatoms. The molecule has 1 fully saturated rings. The van der Waals surface area contributed by atoms with E-state index in [0.717, 1.165) is 13.1 Å². The Morgan fingerprint density at radius 1 is 1.67 bits per heavy atom. The number of quaternary nitrogens is 1. The van der Waals surface area contributed by atoms with Crippen LogP contribution < -0.4 is 5.32 Å². The third-order valence-corrected chi connectivity index (χ3v) is 1.62. The van der Waals surface area contributed by atoms with Crippen molar-refractivity contribution in [3.63, 3.8) is 0 Å². The van der Waals surface area contributed by atoms with Crippen LogP contribution in [0.3, 0.4) is 0 Å². The third kappa shape index (κ3) is 0.977. The minimum atomic E-state index is 0.648. The normalized spacial score (nSPS) is 28.4. The summed E-state index contributed by atoms with van der Waals surface area (Å²) in [4.78, 5) is 0. The second kappa shape index (κ2) is 1.88. The molecule has 0 unspecified atom stereocenters. The Hall–Kier alpha value is -0.770. The highest BCUT2D eigenvalue weighted by molar-refractivity contribution is 5.73. The van der Waals surface area contributed by atoms with Gasteiger partial charge in [-0.15, -0.1) is 0 Å². The number of nitrogens with zero attached hydrogens (tertiary/aromatic N) is 2. The molecule has 1 rings (SSSR count). The van der Waals surface area contributed by atoms with Crippen molar-refractivity contribution in [3.05, 3.63) is 0 Å². The number of oxime groups is 1. The number of hydrogen-bond acceptors (Lipinski definition) is 2. The van der Waals surface area contributed by atoms with Gasteiger partial charge < -0.3 is 10.5 Å². The molecule has 4 nitrogen and oxygen atoms in total. The maximum atomic E-state index is 8.41. The second-order valence-corrected chi connectivity index (χ2v) is 2.76. The number of hydrogen-bond donors (Lipinski definition) is 2. The first kappa shape index (κ1) is 6.35. The molecule has 1 saturated heterocycles. The second-order valence-electron chi connectivity index (χ2n) is 2.76. The molecule has 0 amide bonds. The van der Waals surface area contributed by atoms with E-state index in [9.17, 15) is 0 Å². The Balaban J connectivity index is 2.75. The average Bonchev–Trinajstić information content (AvgIpc) is 2.08. The molecule has 0 radical (unpaired) electrons. The molecule has 52 valence electrons. The first-order valence-electron chi connectivity index (χ1n) is 2.96. The van der Waals surface area contributed by atoms with Gasteiger partial charge in [0.1, 0.15) is 6.54 Å². The molecule has 1 aliphatic rings. The summed E-state index contributed by atoms with van der Waals surface area (Å²) in [7, 11) is 3.99. The van der Waals surface area contributed by atoms with E-state index in [0.29, 0.717) is 10.4 Å². The van der Waals surface area contributed by atoms with Crippen molar-refractivity contribution in [3.8, 4) is 0 Å². The van der Waals surface area contributed by atoms with E-state index in [1.54, 1.807) is 0 Å². The number of likely N-dealkylation sites (N-methyl/N-ethyl adjacent to an activating group) is 1. The molecular weight excluding hydrogens is 118 g/mol. The van der Waals surface area contributed by atoms with E-state index >= 15 is 0 Å². The molecule has 0 atom stereocenters. The first-order valence-corrected chi connectivity index (χ1v) is 2.96. The van der Waals surface area contributed by atoms with Crippen LogP contribution in [0.25, 0.3) is 0 Å². The van der Waals surface area contributed by atoms with Gasteiger partial charge in [-0.05, 0) is 5.16 Å². The molecule has 0 aromatic heterocycles. The monoisotopic (exact) mass is 130 g/mol. The summed E-state index contributed by atoms with van der Waals surface area (Å²) in [5.41, 5.74) is 0. The smallest absolute Gasteiger partial charge is 0.335 e. The fraction of sp³-hybridized carbons (Fsp3) is 0.800. The zero-order valence-corrected chi connectivity index (χ0v) is 5.76. The third-order valence-electron chi connectivity index (χ3n) is 1.62. The predicted molar refractivity (Wildman–Crippen MR) is 34.2 cm³/mol. The van der Waals surface area contributed by atoms with Crippen LogP contribution in [-0.4, -0.2) is 42.8 Å². The Morgan fingerprint density at radius 3 is 2.56 bits per heavy atom. The van der Waals surface area contributed by atoms with E-state index < -0.39 is 0 Å². The maximum Gasteiger partial charge on any atom is 0.335 e. The summed E-state index contributed by atoms with van der Waals surface area (Å²) in [6.45, 7) is 1.88. The minimum Gasteiger partial charge on any atom is -0.405 e. The van der Waals surface area contributed by atoms with E-state index in [1.165, 1.54) is 0 Å². The van der Waals surface area contributed by atoms with E-state index in [-0.39, 0.29) is 0 Å². The van der Waals surface area contributed by atoms with Crippen molar-refractivity contribution in [2.24, 2.45) is 5.16 Å². The average molecular weight is 130 g/mol. The Morgan fingerprint density at radius 2 is 2.33 bits per heavy atom. The maximum absolute atomic E-state index is 8.41. The van der Waals surface area contributed by atoms with Crippen molar-refractivity contribution in [1.82, 2.24) is 5.32 Å². The predicted octanol–water partition coefficient (Wildman–Crippen LogP) is -0.589. The molecular formula is C5H12N3O+. The Labute approximate surface area is 54.4 Å². The van der Waals surface area contributed by atoms with Crippen LogP contribution >= 0.6 is 0 Å². The van der Waals surface area contributed by atoms with Crippen LogP contribution in [0.1, 0.15) is 0 Å². The molecule has 0 saturated carbocycles. The number of guanidine groups is 1. The largest absolute Gasteiger partial charge is 0.405 e. The highest BCUT2D eigenvalue weighted by Crippen LogP contribution is 2.02. The van der Waals surface area contributed by atoms with Gasteiger partial charge in [-0.2, -0.15) is 0 Å². The molecule has 0 aliphatic carbocycles. The van der Waals surface area contributed by atoms with Gasteiger partial charge in [-0.25, -0.2) is 0 Å². The van der Waals surface area contributed by atoms with Crippen molar-refractivity contribution in [1.29, 1.82) is 0 Å². The highest BCUT2D eigenvalue weighted by atomic mass is 16.4. The Kier molecular flexibility index (Phi) is 1.32. The van der Waals surface area contributed by atoms with Gasteiger partial charge in [0, 0.05) is 0 Å². The molecule has 0 aromatic carbocycles. The number of nitrogens with one attached hydrogen (secondary N) is 1. The lowest BCUT2D eigenvalue weighted by atomic mass is 10.6. The van der Waals surface area contributed by atoms with Crippen LogP contribution in [-0.2, 0) is 0 Å². The molecule has 0 bridgehead atoms. The van der Waals surface area contributed by atoms with Gasteiger partial charge in [0.2, 0.25) is 0 Å². The fourth-order valence-electron chi connectivity index (χ4n) is 0.924. The van der Waals surface area contributed by atoms with Crippen LogP contribution in [0.2, 0.25) is 0 Å². The lowest BCUT2D eigenvalue weighted by Crippen LogP contribution is -2.43. The summed E-state index contributed by atoms with van der Waals surface area (Å²) in [5.74, 6) is 0.648. The van der Waals surface area contributed by atoms with Crippen LogP contribution in [0.4, 0.5) is 0 Å². The molecule has 1 aliphatic heterocycles. The van der Waals surface area contributed by atoms with Crippen LogP contribution in [0, 0.1) is 0 Å². The molecule has 9 heavy (non-hydrogen) atoms. The summed E-state index contributed by atoms with van der Waals surface area (Å²) in [6.07, 6.45) is 0. The first-order chi connectivity index (χ1) is 4.17. The van der Waals surface area contributed by atoms with Gasteiger partial charge in [0.15, 0.2) is 0 Å². The van der Waals surface area contributed by atoms with Gasteiger partial charge in [0.25, 0.3) is 0 Å². The zero-order chi connectivity index (χ0) is 6.91. The topological polar surface area (TPSA) is 44.6 Å². The van der Waals surface area contributed by atoms with Crippen LogP contribution in [0.5, 0.6) is 0 Å². The van der Waals surface area contributed by atoms with Gasteiger partial charge in [-0.1, -0.05) is 0 Å². The summed E-state index contributed by atoms with van der Waals surface area (Å²) in [5, 5.41) is 14.5. The highest BCUT2D eigenvalue weighted by Gasteiger charge is 2.30. The van der Waals surface area contributed by atoms with E-state index in [2.05, 4.69) is 10.5 Å². The fourth-order valence-corrected chi connectivity index (χ4v) is 0.924. The van der Waals surface area contributed by atoms with Gasteiger partial charge in [0.05, 0.1) is 20.6 Å². The van der Waals surface area contributed by atoms with E-state index in [1.807, 2.05) is 14.1 Å². The lowest BCUT2D eigenvalue weighted by molar-refractivity contribution is -0.791. The summed E-state index contributed by atoms with van der Waals surface area (Å²) in [6, 6.07) is 0. The Bertz CT molecular complexity index is 141. The summed E-state index contributed by atoms with van der Waals surface area (Å²) < 4.78 is 0.649. The number of rotatable bonds is 0. The van der Waals surface area contributed by atoms with Crippen LogP contribution in [0.15, 0.2) is 5.16 Å². The van der Waals surface area contributed by atoms with Crippen molar-refractivity contribution < 1.29 is 9.69 Å². The lowest BCUT2D eigenvalue weighted by Gasteiger charge is -2.19. The quantitative estimate of drug-likeness (QED) is 0.261. The zero-order valence-electron chi connectivity index (χ0n) is 5.76. The van der Waals surface area contributed by atoms with Gasteiger partial charge in [-0.3, -0.25) is 4.48 Å². The SMILES string of the molecule is C[N+]1(C)CCNC1=NO. The van der Waals surface area contributed by atoms with Crippen molar-refractivity contribution in [2.45, 2.75) is 0 Å². The summed E-state index contributed by atoms with van der Waals surface area (Å²) >= 11 is 0. The van der Waals surface area contributed by atoms with E-state index in [4.69, 9.17) is 5.21 Å². The van der Waals surface area contributed by atoms with Crippen molar-refractivity contribution in [2.75, 3.05) is 27.2 Å². The molecule has 0 spiro atoms. The molecule has 2 N–H and O–H groups in total. The molecule has 1 heterocycles.